The summed E-state index contributed by atoms with van der Waals surface area (Å²) in [6, 6.07) is 4.53. The molecular formula is C12H18ClN3O3. The third kappa shape index (κ3) is 4.84. The van der Waals surface area contributed by atoms with Crippen LogP contribution < -0.4 is 11.1 Å². The smallest absolute Gasteiger partial charge is 0.282 e. The van der Waals surface area contributed by atoms with Gasteiger partial charge in [-0.25, -0.2) is 0 Å². The molecule has 1 aromatic rings. The molecular weight excluding hydrogens is 270 g/mol. The number of amides is 1. The largest absolute Gasteiger partial charge is 0.350 e. The number of nitrogens with one attached hydrogen (secondary N) is 1. The van der Waals surface area contributed by atoms with Gasteiger partial charge >= 0.3 is 0 Å². The van der Waals surface area contributed by atoms with Crippen LogP contribution in [-0.2, 0) is 0 Å². The first-order chi connectivity index (χ1) is 8.22. The summed E-state index contributed by atoms with van der Waals surface area (Å²) in [6.07, 6.45) is 0. The van der Waals surface area contributed by atoms with Crippen molar-refractivity contribution in [1.82, 2.24) is 5.32 Å². The number of nitro groups is 1. The third-order valence-electron chi connectivity index (χ3n) is 2.38. The zero-order valence-electron chi connectivity index (χ0n) is 11.1. The molecule has 106 valence electrons. The second kappa shape index (κ2) is 6.49. The molecule has 6 nitrogen and oxygen atoms in total. The minimum Gasteiger partial charge on any atom is -0.350 e. The van der Waals surface area contributed by atoms with Gasteiger partial charge in [-0.3, -0.25) is 14.9 Å². The Hall–Kier alpha value is -1.66. The number of hydrogen-bond donors (Lipinski definition) is 2. The van der Waals surface area contributed by atoms with Crippen molar-refractivity contribution in [2.24, 2.45) is 5.73 Å². The van der Waals surface area contributed by atoms with E-state index >= 15 is 0 Å². The fourth-order valence-corrected chi connectivity index (χ4v) is 1.50. The van der Waals surface area contributed by atoms with Crippen molar-refractivity contribution in [2.75, 3.05) is 6.54 Å². The first kappa shape index (κ1) is 17.3. The first-order valence-corrected chi connectivity index (χ1v) is 5.53. The van der Waals surface area contributed by atoms with Gasteiger partial charge in [0.1, 0.15) is 5.56 Å². The second-order valence-corrected chi connectivity index (χ2v) is 4.90. The number of nitrogens with zero attached hydrogens (tertiary/aromatic N) is 1. The van der Waals surface area contributed by atoms with Crippen LogP contribution in [0.15, 0.2) is 18.2 Å². The van der Waals surface area contributed by atoms with Crippen LogP contribution in [0.25, 0.3) is 0 Å². The molecule has 0 aromatic heterocycles. The van der Waals surface area contributed by atoms with E-state index in [1.165, 1.54) is 6.07 Å². The number of benzene rings is 1. The first-order valence-electron chi connectivity index (χ1n) is 5.53. The van der Waals surface area contributed by atoms with Gasteiger partial charge < -0.3 is 11.1 Å². The second-order valence-electron chi connectivity index (χ2n) is 4.90. The van der Waals surface area contributed by atoms with Crippen molar-refractivity contribution in [3.05, 3.63) is 39.4 Å². The summed E-state index contributed by atoms with van der Waals surface area (Å²) in [4.78, 5) is 22.3. The quantitative estimate of drug-likeness (QED) is 0.651. The number of nitro benzene ring substituents is 1. The Morgan fingerprint density at radius 2 is 2.05 bits per heavy atom. The molecule has 1 aromatic carbocycles. The zero-order valence-corrected chi connectivity index (χ0v) is 11.9. The van der Waals surface area contributed by atoms with Crippen LogP contribution >= 0.6 is 12.4 Å². The Kier molecular flexibility index (Phi) is 5.92. The molecule has 1 rings (SSSR count). The van der Waals surface area contributed by atoms with E-state index in [1.807, 2.05) is 0 Å². The van der Waals surface area contributed by atoms with Gasteiger partial charge in [0.2, 0.25) is 0 Å². The fourth-order valence-electron chi connectivity index (χ4n) is 1.50. The van der Waals surface area contributed by atoms with E-state index < -0.39 is 16.4 Å². The molecule has 0 saturated carbocycles. The summed E-state index contributed by atoms with van der Waals surface area (Å²) < 4.78 is 0. The number of carbonyl (C=O) groups excluding carboxylic acids is 1. The van der Waals surface area contributed by atoms with Gasteiger partial charge in [-0.2, -0.15) is 0 Å². The Labute approximate surface area is 117 Å². The summed E-state index contributed by atoms with van der Waals surface area (Å²) in [6.45, 7) is 5.44. The van der Waals surface area contributed by atoms with Gasteiger partial charge in [0.05, 0.1) is 4.92 Å². The molecule has 0 unspecified atom stereocenters. The van der Waals surface area contributed by atoms with Crippen molar-refractivity contribution < 1.29 is 9.72 Å². The van der Waals surface area contributed by atoms with Crippen LogP contribution in [-0.4, -0.2) is 22.9 Å². The van der Waals surface area contributed by atoms with Gasteiger partial charge in [0, 0.05) is 18.2 Å². The predicted molar refractivity (Wildman–Crippen MR) is 75.7 cm³/mol. The average molecular weight is 288 g/mol. The van der Waals surface area contributed by atoms with Crippen molar-refractivity contribution in [2.45, 2.75) is 26.3 Å². The summed E-state index contributed by atoms with van der Waals surface area (Å²) in [5, 5.41) is 13.5. The molecule has 0 aliphatic heterocycles. The summed E-state index contributed by atoms with van der Waals surface area (Å²) in [7, 11) is 0. The minimum atomic E-state index is -0.562. The Morgan fingerprint density at radius 3 is 2.53 bits per heavy atom. The molecule has 0 bridgehead atoms. The summed E-state index contributed by atoms with van der Waals surface area (Å²) in [5.74, 6) is -0.474. The highest BCUT2D eigenvalue weighted by atomic mass is 35.5. The molecule has 0 radical (unpaired) electrons. The highest BCUT2D eigenvalue weighted by molar-refractivity contribution is 5.99. The maximum atomic E-state index is 12.0. The van der Waals surface area contributed by atoms with Crippen LogP contribution in [0.5, 0.6) is 0 Å². The Bertz CT molecular complexity index is 484. The zero-order chi connectivity index (χ0) is 13.9. The molecule has 0 heterocycles. The Morgan fingerprint density at radius 1 is 1.47 bits per heavy atom. The standard InChI is InChI=1S/C12H17N3O3.ClH/c1-8-5-4-6-9(15(17)18)10(8)11(16)14-7-12(2,3)13;/h4-6H,7,13H2,1-3H3,(H,14,16);1H. The van der Waals surface area contributed by atoms with E-state index in [4.69, 9.17) is 5.73 Å². The molecule has 1 amide bonds. The molecule has 0 saturated heterocycles. The van der Waals surface area contributed by atoms with Crippen LogP contribution in [0.3, 0.4) is 0 Å². The van der Waals surface area contributed by atoms with Gasteiger partial charge in [-0.1, -0.05) is 12.1 Å². The van der Waals surface area contributed by atoms with Crippen molar-refractivity contribution in [1.29, 1.82) is 0 Å². The van der Waals surface area contributed by atoms with Gasteiger partial charge in [-0.05, 0) is 26.3 Å². The lowest BCUT2D eigenvalue weighted by molar-refractivity contribution is -0.385. The van der Waals surface area contributed by atoms with Crippen LogP contribution in [0.4, 0.5) is 5.69 Å². The topological polar surface area (TPSA) is 98.3 Å². The lowest BCUT2D eigenvalue weighted by atomic mass is 10.0. The lowest BCUT2D eigenvalue weighted by Gasteiger charge is -2.19. The molecule has 0 atom stereocenters. The number of aryl methyl sites for hydroxylation is 1. The average Bonchev–Trinajstić information content (AvgIpc) is 2.24. The van der Waals surface area contributed by atoms with E-state index in [2.05, 4.69) is 5.32 Å². The van der Waals surface area contributed by atoms with Crippen LogP contribution in [0.1, 0.15) is 29.8 Å². The highest BCUT2D eigenvalue weighted by Gasteiger charge is 2.23. The van der Waals surface area contributed by atoms with Gasteiger partial charge in [-0.15, -0.1) is 12.4 Å². The number of carbonyl (C=O) groups is 1. The maximum Gasteiger partial charge on any atom is 0.282 e. The monoisotopic (exact) mass is 287 g/mol. The predicted octanol–water partition coefficient (Wildman–Crippen LogP) is 1.79. The number of hydrogen-bond acceptors (Lipinski definition) is 4. The number of nitrogens with two attached hydrogens (primary N) is 1. The van der Waals surface area contributed by atoms with E-state index in [0.29, 0.717) is 5.56 Å². The molecule has 0 aliphatic carbocycles. The van der Waals surface area contributed by atoms with Gasteiger partial charge in [0.15, 0.2) is 0 Å². The molecule has 0 fully saturated rings. The summed E-state index contributed by atoms with van der Waals surface area (Å²) in [5.41, 5.74) is 5.65. The maximum absolute atomic E-state index is 12.0. The van der Waals surface area contributed by atoms with Crippen molar-refractivity contribution in [3.63, 3.8) is 0 Å². The number of halogens is 1. The molecule has 0 spiro atoms. The summed E-state index contributed by atoms with van der Waals surface area (Å²) >= 11 is 0. The number of rotatable bonds is 4. The van der Waals surface area contributed by atoms with E-state index in [0.717, 1.165) is 0 Å². The van der Waals surface area contributed by atoms with Crippen molar-refractivity contribution >= 4 is 24.0 Å². The molecule has 0 aliphatic rings. The third-order valence-corrected chi connectivity index (χ3v) is 2.38. The lowest BCUT2D eigenvalue weighted by Crippen LogP contribution is -2.45. The van der Waals surface area contributed by atoms with E-state index in [-0.39, 0.29) is 30.2 Å². The van der Waals surface area contributed by atoms with E-state index in [1.54, 1.807) is 32.9 Å². The highest BCUT2D eigenvalue weighted by Crippen LogP contribution is 2.21. The molecule has 7 heteroatoms. The fraction of sp³-hybridized carbons (Fsp3) is 0.417. The molecule has 19 heavy (non-hydrogen) atoms. The molecule has 3 N–H and O–H groups in total. The minimum absolute atomic E-state index is 0. The van der Waals surface area contributed by atoms with Crippen LogP contribution in [0.2, 0.25) is 0 Å². The van der Waals surface area contributed by atoms with Gasteiger partial charge in [0.25, 0.3) is 11.6 Å². The Balaban J connectivity index is 0.00000324. The van der Waals surface area contributed by atoms with E-state index in [9.17, 15) is 14.9 Å². The van der Waals surface area contributed by atoms with Crippen molar-refractivity contribution in [3.8, 4) is 0 Å². The normalized spacial score (nSPS) is 10.5. The van der Waals surface area contributed by atoms with Crippen LogP contribution in [0, 0.1) is 17.0 Å². The SMILES string of the molecule is Cc1cccc([N+](=O)[O-])c1C(=O)NCC(C)(C)N.Cl.